The van der Waals surface area contributed by atoms with Crippen LogP contribution in [-0.4, -0.2) is 25.0 Å². The van der Waals surface area contributed by atoms with Gasteiger partial charge in [0.15, 0.2) is 0 Å². The van der Waals surface area contributed by atoms with Gasteiger partial charge in [0, 0.05) is 6.42 Å². The second-order valence-corrected chi connectivity index (χ2v) is 7.14. The van der Waals surface area contributed by atoms with Gasteiger partial charge in [-0.25, -0.2) is 4.79 Å². The molecule has 0 radical (unpaired) electrons. The SMILES string of the molecule is COC(=O)[C@H](Cc1cccc(C(F)(F)F)c1)NC(=O)Cc1cc(C(F)(F)F)cc(C(F)(F)F)c1. The van der Waals surface area contributed by atoms with E-state index in [0.717, 1.165) is 25.3 Å². The molecule has 0 aliphatic rings. The maximum Gasteiger partial charge on any atom is 0.416 e. The lowest BCUT2D eigenvalue weighted by Crippen LogP contribution is -2.43. The highest BCUT2D eigenvalue weighted by Crippen LogP contribution is 2.36. The fourth-order valence-corrected chi connectivity index (χ4v) is 3.00. The zero-order valence-corrected chi connectivity index (χ0v) is 17.2. The number of methoxy groups -OCH3 is 1. The minimum absolute atomic E-state index is 0.0241. The molecule has 2 rings (SSSR count). The van der Waals surface area contributed by atoms with E-state index in [-0.39, 0.29) is 11.6 Å². The van der Waals surface area contributed by atoms with E-state index in [1.807, 2.05) is 0 Å². The average Bonchev–Trinajstić information content (AvgIpc) is 2.70. The highest BCUT2D eigenvalue weighted by Gasteiger charge is 2.37. The van der Waals surface area contributed by atoms with E-state index in [0.29, 0.717) is 12.1 Å². The van der Waals surface area contributed by atoms with Crippen molar-refractivity contribution in [2.75, 3.05) is 7.11 Å². The smallest absolute Gasteiger partial charge is 0.416 e. The number of halogens is 9. The first kappa shape index (κ1) is 27.0. The fourth-order valence-electron chi connectivity index (χ4n) is 3.00. The summed E-state index contributed by atoms with van der Waals surface area (Å²) >= 11 is 0. The van der Waals surface area contributed by atoms with Gasteiger partial charge in [0.2, 0.25) is 5.91 Å². The molecule has 2 aromatic carbocycles. The molecule has 0 spiro atoms. The van der Waals surface area contributed by atoms with Crippen LogP contribution in [0.3, 0.4) is 0 Å². The number of amides is 1. The zero-order valence-electron chi connectivity index (χ0n) is 17.2. The Morgan fingerprint density at radius 3 is 1.76 bits per heavy atom. The van der Waals surface area contributed by atoms with Crippen LogP contribution in [0.4, 0.5) is 39.5 Å². The Kier molecular flexibility index (Phi) is 7.89. The number of carbonyl (C=O) groups excluding carboxylic acids is 2. The van der Waals surface area contributed by atoms with Crippen molar-refractivity contribution in [3.63, 3.8) is 0 Å². The summed E-state index contributed by atoms with van der Waals surface area (Å²) in [4.78, 5) is 24.3. The van der Waals surface area contributed by atoms with Gasteiger partial charge in [0.1, 0.15) is 6.04 Å². The normalized spacial score (nSPS) is 13.4. The summed E-state index contributed by atoms with van der Waals surface area (Å²) in [5, 5.41) is 2.08. The second-order valence-electron chi connectivity index (χ2n) is 7.14. The van der Waals surface area contributed by atoms with Crippen molar-refractivity contribution in [2.24, 2.45) is 0 Å². The standard InChI is InChI=1S/C21H16F9NO3/c1-34-18(33)16(8-11-3-2-4-13(5-11)19(22,23)24)31-17(32)9-12-6-14(20(25,26)27)10-15(7-12)21(28,29)30/h2-7,10,16H,8-9H2,1H3,(H,31,32)/t16-/m0/s1. The predicted octanol–water partition coefficient (Wildman–Crippen LogP) is 5.19. The lowest BCUT2D eigenvalue weighted by Gasteiger charge is -2.18. The molecular weight excluding hydrogens is 485 g/mol. The number of nitrogens with one attached hydrogen (secondary N) is 1. The number of carbonyl (C=O) groups is 2. The minimum Gasteiger partial charge on any atom is -0.467 e. The molecule has 1 amide bonds. The molecule has 0 aromatic heterocycles. The van der Waals surface area contributed by atoms with E-state index in [9.17, 15) is 49.1 Å². The molecule has 0 aliphatic carbocycles. The van der Waals surface area contributed by atoms with Gasteiger partial charge in [-0.1, -0.05) is 18.2 Å². The van der Waals surface area contributed by atoms with Crippen LogP contribution in [0.15, 0.2) is 42.5 Å². The maximum absolute atomic E-state index is 13.0. The Labute approximate surface area is 186 Å². The minimum atomic E-state index is -5.12. The quantitative estimate of drug-likeness (QED) is 0.438. The van der Waals surface area contributed by atoms with Gasteiger partial charge in [-0.3, -0.25) is 4.79 Å². The van der Waals surface area contributed by atoms with E-state index in [2.05, 4.69) is 10.1 Å². The number of ether oxygens (including phenoxy) is 1. The third-order valence-electron chi connectivity index (χ3n) is 4.53. The van der Waals surface area contributed by atoms with Gasteiger partial charge >= 0.3 is 24.5 Å². The third-order valence-corrected chi connectivity index (χ3v) is 4.53. The lowest BCUT2D eigenvalue weighted by molar-refractivity contribution is -0.145. The third kappa shape index (κ3) is 7.39. The fraction of sp³-hybridized carbons (Fsp3) is 0.333. The molecule has 0 bridgehead atoms. The first-order chi connectivity index (χ1) is 15.5. The van der Waals surface area contributed by atoms with E-state index in [1.165, 1.54) is 6.07 Å². The van der Waals surface area contributed by atoms with Gasteiger partial charge < -0.3 is 10.1 Å². The van der Waals surface area contributed by atoms with Crippen molar-refractivity contribution >= 4 is 11.9 Å². The first-order valence-corrected chi connectivity index (χ1v) is 9.32. The molecule has 1 N–H and O–H groups in total. The zero-order chi connectivity index (χ0) is 25.9. The Morgan fingerprint density at radius 2 is 1.29 bits per heavy atom. The molecule has 4 nitrogen and oxygen atoms in total. The number of hydrogen-bond acceptors (Lipinski definition) is 3. The molecule has 0 unspecified atom stereocenters. The summed E-state index contributed by atoms with van der Waals surface area (Å²) < 4.78 is 121. The number of esters is 1. The Hall–Kier alpha value is -3.25. The number of rotatable bonds is 6. The van der Waals surface area contributed by atoms with E-state index in [4.69, 9.17) is 0 Å². The topological polar surface area (TPSA) is 55.4 Å². The highest BCUT2D eigenvalue weighted by atomic mass is 19.4. The van der Waals surface area contributed by atoms with Crippen LogP contribution in [0.25, 0.3) is 0 Å². The summed E-state index contributed by atoms with van der Waals surface area (Å²) in [5.41, 5.74) is -4.94. The van der Waals surface area contributed by atoms with Crippen LogP contribution in [0.2, 0.25) is 0 Å². The van der Waals surface area contributed by atoms with Crippen LogP contribution >= 0.6 is 0 Å². The Morgan fingerprint density at radius 1 is 0.794 bits per heavy atom. The molecule has 186 valence electrons. The average molecular weight is 501 g/mol. The van der Waals surface area contributed by atoms with Gasteiger partial charge in [0.05, 0.1) is 30.2 Å². The molecule has 0 aliphatic heterocycles. The van der Waals surface area contributed by atoms with Crippen molar-refractivity contribution in [3.05, 3.63) is 70.3 Å². The van der Waals surface area contributed by atoms with Crippen LogP contribution in [0, 0.1) is 0 Å². The molecule has 13 heteroatoms. The first-order valence-electron chi connectivity index (χ1n) is 9.32. The van der Waals surface area contributed by atoms with Crippen molar-refractivity contribution in [1.82, 2.24) is 5.32 Å². The van der Waals surface area contributed by atoms with Gasteiger partial charge in [0.25, 0.3) is 0 Å². The van der Waals surface area contributed by atoms with Crippen molar-refractivity contribution in [1.29, 1.82) is 0 Å². The lowest BCUT2D eigenvalue weighted by atomic mass is 10.0. The van der Waals surface area contributed by atoms with Crippen molar-refractivity contribution in [2.45, 2.75) is 37.4 Å². The summed E-state index contributed by atoms with van der Waals surface area (Å²) in [6.45, 7) is 0. The van der Waals surface area contributed by atoms with E-state index < -0.39 is 71.5 Å². The number of hydrogen-bond donors (Lipinski definition) is 1. The van der Waals surface area contributed by atoms with Crippen LogP contribution < -0.4 is 5.32 Å². The molecule has 0 saturated carbocycles. The van der Waals surface area contributed by atoms with Crippen molar-refractivity contribution < 1.29 is 53.8 Å². The highest BCUT2D eigenvalue weighted by molar-refractivity contribution is 5.85. The van der Waals surface area contributed by atoms with Crippen molar-refractivity contribution in [3.8, 4) is 0 Å². The van der Waals surface area contributed by atoms with Crippen LogP contribution in [0.1, 0.15) is 27.8 Å². The van der Waals surface area contributed by atoms with Gasteiger partial charge in [-0.15, -0.1) is 0 Å². The van der Waals surface area contributed by atoms with Gasteiger partial charge in [-0.2, -0.15) is 39.5 Å². The largest absolute Gasteiger partial charge is 0.467 e. The molecule has 2 aromatic rings. The summed E-state index contributed by atoms with van der Waals surface area (Å²) in [6, 6.07) is 2.87. The Balaban J connectivity index is 2.27. The maximum atomic E-state index is 13.0. The van der Waals surface area contributed by atoms with Crippen LogP contribution in [0.5, 0.6) is 0 Å². The Bertz CT molecular complexity index is 1010. The molecular formula is C21H16F9NO3. The summed E-state index contributed by atoms with van der Waals surface area (Å²) in [5.74, 6) is -2.22. The van der Waals surface area contributed by atoms with Crippen LogP contribution in [-0.2, 0) is 45.7 Å². The predicted molar refractivity (Wildman–Crippen MR) is 99.2 cm³/mol. The summed E-state index contributed by atoms with van der Waals surface area (Å²) in [6.07, 6.45) is -16.4. The summed E-state index contributed by atoms with van der Waals surface area (Å²) in [7, 11) is 0.927. The number of benzene rings is 2. The second kappa shape index (κ2) is 9.94. The van der Waals surface area contributed by atoms with E-state index >= 15 is 0 Å². The number of alkyl halides is 9. The monoisotopic (exact) mass is 501 g/mol. The van der Waals surface area contributed by atoms with Gasteiger partial charge in [-0.05, 0) is 35.4 Å². The molecule has 1 atom stereocenters. The molecule has 0 heterocycles. The molecule has 34 heavy (non-hydrogen) atoms. The molecule has 0 fully saturated rings. The van der Waals surface area contributed by atoms with E-state index in [1.54, 1.807) is 0 Å². The molecule has 0 saturated heterocycles.